The molecule has 0 spiro atoms. The second-order valence-corrected chi connectivity index (χ2v) is 11.6. The highest BCUT2D eigenvalue weighted by Crippen LogP contribution is 2.52. The number of rotatable bonds is 3. The van der Waals surface area contributed by atoms with Crippen LogP contribution in [-0.2, 0) is 0 Å². The topological polar surface area (TPSA) is 53.4 Å². The average molecular weight is 573 g/mol. The molecule has 0 bridgehead atoms. The van der Waals surface area contributed by atoms with Gasteiger partial charge in [0.2, 0.25) is 0 Å². The van der Waals surface area contributed by atoms with Crippen LogP contribution >= 0.6 is 0 Å². The van der Waals surface area contributed by atoms with Crippen molar-refractivity contribution in [3.8, 4) is 44.6 Å². The molecule has 2 aliphatic heterocycles. The van der Waals surface area contributed by atoms with Gasteiger partial charge in [0, 0.05) is 49.7 Å². The third kappa shape index (κ3) is 3.45. The Morgan fingerprint density at radius 3 is 2.13 bits per heavy atom. The van der Waals surface area contributed by atoms with Gasteiger partial charge in [-0.1, -0.05) is 91.0 Å². The molecule has 4 nitrogen and oxygen atoms in total. The van der Waals surface area contributed by atoms with Crippen molar-refractivity contribution >= 4 is 33.2 Å². The Morgan fingerprint density at radius 2 is 1.27 bits per heavy atom. The van der Waals surface area contributed by atoms with E-state index in [0.717, 1.165) is 82.8 Å². The van der Waals surface area contributed by atoms with Gasteiger partial charge in [0.25, 0.3) is 0 Å². The molecule has 0 saturated heterocycles. The van der Waals surface area contributed by atoms with Crippen LogP contribution in [-0.4, -0.2) is 9.97 Å². The van der Waals surface area contributed by atoms with Gasteiger partial charge >= 0.3 is 0 Å². The number of pyridine rings is 1. The van der Waals surface area contributed by atoms with Crippen molar-refractivity contribution in [3.63, 3.8) is 0 Å². The molecule has 0 saturated carbocycles. The molecule has 2 aliphatic rings. The number of aromatic nitrogens is 2. The number of para-hydroxylation sites is 1. The quantitative estimate of drug-likeness (QED) is 0.225. The lowest BCUT2D eigenvalue weighted by molar-refractivity contribution is 1.36. The summed E-state index contributed by atoms with van der Waals surface area (Å²) < 4.78 is 0. The summed E-state index contributed by atoms with van der Waals surface area (Å²) in [5.74, 6) is 0. The molecule has 0 aliphatic carbocycles. The number of aromatic amines is 1. The normalized spacial score (nSPS) is 12.4. The molecule has 2 aromatic heterocycles. The van der Waals surface area contributed by atoms with Gasteiger partial charge in [-0.05, 0) is 59.2 Å². The first-order valence-electron chi connectivity index (χ1n) is 15.2. The number of nitrogens with one attached hydrogen (secondary N) is 1. The van der Waals surface area contributed by atoms with Crippen LogP contribution in [0.15, 0.2) is 150 Å². The lowest BCUT2D eigenvalue weighted by atomic mass is 9.86. The van der Waals surface area contributed by atoms with Gasteiger partial charge in [0.1, 0.15) is 0 Å². The van der Waals surface area contributed by atoms with Crippen molar-refractivity contribution in [2.45, 2.75) is 0 Å². The van der Waals surface area contributed by atoms with Crippen molar-refractivity contribution < 1.29 is 0 Å². The van der Waals surface area contributed by atoms with Gasteiger partial charge in [-0.3, -0.25) is 4.98 Å². The first-order valence-corrected chi connectivity index (χ1v) is 15.2. The van der Waals surface area contributed by atoms with Crippen molar-refractivity contribution in [3.05, 3.63) is 161 Å². The highest BCUT2D eigenvalue weighted by Gasteiger charge is 2.29. The van der Waals surface area contributed by atoms with Crippen molar-refractivity contribution in [1.29, 1.82) is 0 Å². The number of H-pyrrole nitrogens is 1. The van der Waals surface area contributed by atoms with Crippen LogP contribution in [0.25, 0.3) is 66.4 Å². The van der Waals surface area contributed by atoms with Gasteiger partial charge in [-0.2, -0.15) is 0 Å². The fraction of sp³-hybridized carbons (Fsp3) is 0. The zero-order chi connectivity index (χ0) is 29.5. The van der Waals surface area contributed by atoms with Crippen LogP contribution in [0.2, 0.25) is 0 Å². The summed E-state index contributed by atoms with van der Waals surface area (Å²) in [5, 5.41) is 6.55. The monoisotopic (exact) mass is 572 g/mol. The third-order valence-electron chi connectivity index (χ3n) is 9.21. The van der Waals surface area contributed by atoms with E-state index in [0.29, 0.717) is 0 Å². The average Bonchev–Trinajstić information content (AvgIpc) is 3.80. The van der Waals surface area contributed by atoms with Gasteiger partial charge < -0.3 is 4.98 Å². The number of benzene rings is 6. The zero-order valence-corrected chi connectivity index (χ0v) is 24.1. The maximum absolute atomic E-state index is 5.21. The molecular formula is C41H24N4. The van der Waals surface area contributed by atoms with E-state index >= 15 is 0 Å². The molecule has 0 amide bonds. The Balaban J connectivity index is 1.40. The summed E-state index contributed by atoms with van der Waals surface area (Å²) in [6.07, 6.45) is 1.86. The molecule has 8 aromatic rings. The number of hydrogen-bond donors (Lipinski definition) is 1. The number of hydrogen-bond acceptors (Lipinski definition) is 3. The third-order valence-corrected chi connectivity index (χ3v) is 9.21. The van der Waals surface area contributed by atoms with E-state index in [1.807, 2.05) is 12.3 Å². The minimum Gasteiger partial charge on any atom is -0.353 e. The number of nitrogens with zero attached hydrogens (tertiary/aromatic N) is 3. The molecule has 0 atom stereocenters. The van der Waals surface area contributed by atoms with Crippen molar-refractivity contribution in [2.75, 3.05) is 0 Å². The van der Waals surface area contributed by atoms with Crippen LogP contribution in [0, 0.1) is 10.4 Å². The Kier molecular flexibility index (Phi) is 4.96. The molecule has 208 valence electrons. The van der Waals surface area contributed by atoms with E-state index in [9.17, 15) is 0 Å². The number of fused-ring (bicyclic) bond motifs is 9. The highest BCUT2D eigenvalue weighted by molar-refractivity contribution is 6.16. The molecule has 45 heavy (non-hydrogen) atoms. The Labute approximate surface area is 258 Å². The summed E-state index contributed by atoms with van der Waals surface area (Å²) in [6, 6.07) is 47.0. The van der Waals surface area contributed by atoms with Gasteiger partial charge in [0.15, 0.2) is 0 Å². The maximum atomic E-state index is 5.21. The summed E-state index contributed by atoms with van der Waals surface area (Å²) >= 11 is 0. The molecule has 0 unspecified atom stereocenters. The second kappa shape index (κ2) is 9.18. The largest absolute Gasteiger partial charge is 0.353 e. The standard InChI is InChI=1S/C41H24N4/c1-3-10-24(11-4-1)26-17-21-33-37(38-34(43-33)22-18-28-27-14-7-8-16-32(27)44-40(28)38)36(26)41-35(25-12-5-2-6-13-25)30-19-20-31-29(39(30)45-41)15-9-23-42-31/h1-23,45H. The predicted octanol–water partition coefficient (Wildman–Crippen LogP) is 9.20. The lowest BCUT2D eigenvalue weighted by Crippen LogP contribution is -2.01. The van der Waals surface area contributed by atoms with Crippen LogP contribution in [0.1, 0.15) is 0 Å². The van der Waals surface area contributed by atoms with Gasteiger partial charge in [-0.25, -0.2) is 9.98 Å². The molecule has 4 heterocycles. The minimum atomic E-state index is 0.957. The van der Waals surface area contributed by atoms with Gasteiger partial charge in [-0.15, -0.1) is 0 Å². The molecule has 6 aromatic carbocycles. The molecule has 0 fully saturated rings. The Bertz CT molecular complexity index is 2740. The second-order valence-electron chi connectivity index (χ2n) is 11.6. The first kappa shape index (κ1) is 24.3. The van der Waals surface area contributed by atoms with E-state index in [4.69, 9.17) is 9.98 Å². The van der Waals surface area contributed by atoms with Crippen LogP contribution in [0.4, 0.5) is 11.4 Å². The minimum absolute atomic E-state index is 0.957. The Morgan fingerprint density at radius 1 is 0.467 bits per heavy atom. The molecule has 4 heteroatoms. The van der Waals surface area contributed by atoms with E-state index in [2.05, 4.69) is 137 Å². The summed E-state index contributed by atoms with van der Waals surface area (Å²) in [6.45, 7) is 0. The highest BCUT2D eigenvalue weighted by atomic mass is 14.8. The SMILES string of the molecule is c1ccc(-c2ccc3c(c2-c2[nH]c4c(ccc5ncccc54)c2-c2ccccc2)-c2c4c(ccc2=N3)=c2ccccc2=N4)cc1. The molecule has 10 rings (SSSR count). The molecule has 0 radical (unpaired) electrons. The smallest absolute Gasteiger partial charge is 0.0817 e. The maximum Gasteiger partial charge on any atom is 0.0817 e. The fourth-order valence-electron chi connectivity index (χ4n) is 7.27. The van der Waals surface area contributed by atoms with E-state index < -0.39 is 0 Å². The summed E-state index contributed by atoms with van der Waals surface area (Å²) in [5.41, 5.74) is 13.0. The van der Waals surface area contributed by atoms with Crippen molar-refractivity contribution in [1.82, 2.24) is 9.97 Å². The van der Waals surface area contributed by atoms with Crippen LogP contribution < -0.4 is 10.7 Å². The van der Waals surface area contributed by atoms with E-state index in [1.165, 1.54) is 16.2 Å². The van der Waals surface area contributed by atoms with Crippen LogP contribution in [0.5, 0.6) is 0 Å². The summed E-state index contributed by atoms with van der Waals surface area (Å²) in [4.78, 5) is 19.1. The fourth-order valence-corrected chi connectivity index (χ4v) is 7.27. The van der Waals surface area contributed by atoms with Crippen LogP contribution in [0.3, 0.4) is 0 Å². The molecule has 1 N–H and O–H groups in total. The van der Waals surface area contributed by atoms with E-state index in [-0.39, 0.29) is 0 Å². The summed E-state index contributed by atoms with van der Waals surface area (Å²) in [7, 11) is 0. The molecular weight excluding hydrogens is 548 g/mol. The zero-order valence-electron chi connectivity index (χ0n) is 24.1. The predicted molar refractivity (Wildman–Crippen MR) is 181 cm³/mol. The first-order chi connectivity index (χ1) is 22.3. The van der Waals surface area contributed by atoms with E-state index in [1.54, 1.807) is 0 Å². The van der Waals surface area contributed by atoms with Crippen molar-refractivity contribution in [2.24, 2.45) is 9.98 Å². The van der Waals surface area contributed by atoms with Gasteiger partial charge in [0.05, 0.1) is 38.8 Å². The lowest BCUT2D eigenvalue weighted by Gasteiger charge is -2.17. The Hall–Kier alpha value is -6.13.